The summed E-state index contributed by atoms with van der Waals surface area (Å²) in [5, 5.41) is 2.89. The quantitative estimate of drug-likeness (QED) is 0.493. The van der Waals surface area contributed by atoms with Gasteiger partial charge in [-0.1, -0.05) is 29.8 Å². The molecule has 2 aromatic carbocycles. The number of nitrogen functional groups attached to an aromatic ring is 1. The molecule has 0 fully saturated rings. The van der Waals surface area contributed by atoms with Gasteiger partial charge >= 0.3 is 0 Å². The molecule has 5 N–H and O–H groups in total. The molecule has 0 aliphatic rings. The van der Waals surface area contributed by atoms with Crippen LogP contribution in [0.1, 0.15) is 58.1 Å². The van der Waals surface area contributed by atoms with Crippen molar-refractivity contribution in [2.45, 2.75) is 39.3 Å². The number of rotatable bonds is 6. The molecular formula is C24H26FN5O3S. The third kappa shape index (κ3) is 5.40. The first-order valence-corrected chi connectivity index (χ1v) is 11.2. The predicted octanol–water partition coefficient (Wildman–Crippen LogP) is 3.57. The molecular weight excluding hydrogens is 457 g/mol. The largest absolute Gasteiger partial charge is 0.395 e. The highest BCUT2D eigenvalue weighted by molar-refractivity contribution is 7.09. The highest BCUT2D eigenvalue weighted by atomic mass is 32.1. The van der Waals surface area contributed by atoms with Crippen LogP contribution in [-0.4, -0.2) is 27.6 Å². The van der Waals surface area contributed by atoms with Crippen LogP contribution in [-0.2, 0) is 4.79 Å². The van der Waals surface area contributed by atoms with E-state index in [1.807, 2.05) is 27.7 Å². The second kappa shape index (κ2) is 9.60. The maximum Gasteiger partial charge on any atom is 0.273 e. The maximum atomic E-state index is 13.8. The number of carbonyl (C=O) groups is 3. The number of hydrogen-bond donors (Lipinski definition) is 3. The highest BCUT2D eigenvalue weighted by Gasteiger charge is 2.37. The molecule has 0 saturated heterocycles. The van der Waals surface area contributed by atoms with Gasteiger partial charge in [-0.15, -0.1) is 0 Å². The zero-order valence-electron chi connectivity index (χ0n) is 19.3. The van der Waals surface area contributed by atoms with Gasteiger partial charge < -0.3 is 16.8 Å². The van der Waals surface area contributed by atoms with Crippen molar-refractivity contribution in [2.24, 2.45) is 5.73 Å². The zero-order chi connectivity index (χ0) is 25.2. The highest BCUT2D eigenvalue weighted by Crippen LogP contribution is 2.33. The standard InChI is InChI=1S/C24H26FN5O3S/c1-13-5-11-16(12-6-13)30(23(33)20-17(26)18(21(27)31)29-34-20)19(22(32)28-24(2,3)4)14-7-9-15(25)10-8-14/h5-12,19H,26H2,1-4H3,(H2,27,31)(H,28,32). The maximum absolute atomic E-state index is 13.8. The fourth-order valence-corrected chi connectivity index (χ4v) is 4.07. The molecule has 0 aliphatic carbocycles. The lowest BCUT2D eigenvalue weighted by molar-refractivity contribution is -0.123. The molecule has 3 amide bonds. The van der Waals surface area contributed by atoms with Crippen molar-refractivity contribution in [3.8, 4) is 0 Å². The van der Waals surface area contributed by atoms with E-state index in [0.29, 0.717) is 11.3 Å². The van der Waals surface area contributed by atoms with Crippen molar-refractivity contribution in [3.63, 3.8) is 0 Å². The summed E-state index contributed by atoms with van der Waals surface area (Å²) in [6.45, 7) is 7.32. The molecule has 178 valence electrons. The van der Waals surface area contributed by atoms with E-state index in [0.717, 1.165) is 17.1 Å². The second-order valence-corrected chi connectivity index (χ2v) is 9.62. The average Bonchev–Trinajstić information content (AvgIpc) is 3.13. The van der Waals surface area contributed by atoms with Crippen molar-refractivity contribution in [1.29, 1.82) is 0 Å². The zero-order valence-corrected chi connectivity index (χ0v) is 20.1. The number of primary amides is 1. The Bertz CT molecular complexity index is 1220. The number of nitrogens with zero attached hydrogens (tertiary/aromatic N) is 2. The summed E-state index contributed by atoms with van der Waals surface area (Å²) < 4.78 is 17.6. The van der Waals surface area contributed by atoms with Crippen LogP contribution in [0.5, 0.6) is 0 Å². The monoisotopic (exact) mass is 483 g/mol. The van der Waals surface area contributed by atoms with Crippen LogP contribution in [0.3, 0.4) is 0 Å². The summed E-state index contributed by atoms with van der Waals surface area (Å²) in [4.78, 5) is 40.3. The second-order valence-electron chi connectivity index (χ2n) is 8.84. The number of carbonyl (C=O) groups excluding carboxylic acids is 3. The number of benzene rings is 2. The minimum Gasteiger partial charge on any atom is -0.395 e. The topological polar surface area (TPSA) is 131 Å². The van der Waals surface area contributed by atoms with Crippen molar-refractivity contribution in [1.82, 2.24) is 9.69 Å². The molecule has 1 atom stereocenters. The molecule has 0 spiro atoms. The number of amides is 3. The molecule has 1 unspecified atom stereocenters. The Hall–Kier alpha value is -3.79. The van der Waals surface area contributed by atoms with Gasteiger partial charge in [-0.05, 0) is 69.1 Å². The van der Waals surface area contributed by atoms with Crippen molar-refractivity contribution in [2.75, 3.05) is 10.6 Å². The first kappa shape index (κ1) is 24.8. The van der Waals surface area contributed by atoms with Crippen LogP contribution in [0, 0.1) is 12.7 Å². The molecule has 1 heterocycles. The number of hydrogen-bond acceptors (Lipinski definition) is 6. The fraction of sp³-hybridized carbons (Fsp3) is 0.250. The van der Waals surface area contributed by atoms with Crippen molar-refractivity contribution >= 4 is 40.6 Å². The third-order valence-electron chi connectivity index (χ3n) is 4.88. The number of aryl methyl sites for hydroxylation is 1. The molecule has 0 radical (unpaired) electrons. The summed E-state index contributed by atoms with van der Waals surface area (Å²) >= 11 is 0.720. The minimum absolute atomic E-state index is 0.0370. The molecule has 0 saturated carbocycles. The number of anilines is 2. The van der Waals surface area contributed by atoms with Crippen molar-refractivity contribution < 1.29 is 18.8 Å². The van der Waals surface area contributed by atoms with Crippen LogP contribution < -0.4 is 21.7 Å². The molecule has 0 bridgehead atoms. The smallest absolute Gasteiger partial charge is 0.273 e. The Morgan fingerprint density at radius 1 is 1.06 bits per heavy atom. The van der Waals surface area contributed by atoms with Crippen LogP contribution >= 0.6 is 11.5 Å². The molecule has 34 heavy (non-hydrogen) atoms. The average molecular weight is 484 g/mol. The van der Waals surface area contributed by atoms with E-state index in [2.05, 4.69) is 9.69 Å². The first-order valence-electron chi connectivity index (χ1n) is 10.4. The fourth-order valence-electron chi connectivity index (χ4n) is 3.33. The van der Waals surface area contributed by atoms with Gasteiger partial charge in [-0.25, -0.2) is 4.39 Å². The molecule has 3 rings (SSSR count). The summed E-state index contributed by atoms with van der Waals surface area (Å²) in [6.07, 6.45) is 0. The molecule has 1 aromatic heterocycles. The Kier molecular flexibility index (Phi) is 7.01. The van der Waals surface area contributed by atoms with Gasteiger partial charge in [0.2, 0.25) is 5.91 Å². The van der Waals surface area contributed by atoms with Gasteiger partial charge in [0.25, 0.3) is 11.8 Å². The lowest BCUT2D eigenvalue weighted by Crippen LogP contribution is -2.49. The first-order chi connectivity index (χ1) is 15.9. The summed E-state index contributed by atoms with van der Waals surface area (Å²) in [7, 11) is 0. The van der Waals surface area contributed by atoms with E-state index < -0.39 is 35.1 Å². The minimum atomic E-state index is -1.17. The Balaban J connectivity index is 2.22. The van der Waals surface area contributed by atoms with Gasteiger partial charge in [0.1, 0.15) is 16.7 Å². The summed E-state index contributed by atoms with van der Waals surface area (Å²) in [6, 6.07) is 11.1. The van der Waals surface area contributed by atoms with Gasteiger partial charge in [0.15, 0.2) is 5.69 Å². The SMILES string of the molecule is Cc1ccc(N(C(=O)c2snc(C(N)=O)c2N)C(C(=O)NC(C)(C)C)c2ccc(F)cc2)cc1. The Morgan fingerprint density at radius 3 is 2.15 bits per heavy atom. The summed E-state index contributed by atoms with van der Waals surface area (Å²) in [5.41, 5.74) is 12.1. The molecule has 8 nitrogen and oxygen atoms in total. The van der Waals surface area contributed by atoms with E-state index in [1.165, 1.54) is 29.2 Å². The van der Waals surface area contributed by atoms with Crippen LogP contribution in [0.2, 0.25) is 0 Å². The van der Waals surface area contributed by atoms with Gasteiger partial charge in [0.05, 0.1) is 5.69 Å². The van der Waals surface area contributed by atoms with Crippen LogP contribution in [0.4, 0.5) is 15.8 Å². The van der Waals surface area contributed by atoms with E-state index in [-0.39, 0.29) is 16.3 Å². The predicted molar refractivity (Wildman–Crippen MR) is 130 cm³/mol. The lowest BCUT2D eigenvalue weighted by atomic mass is 10.00. The van der Waals surface area contributed by atoms with Gasteiger partial charge in [-0.3, -0.25) is 19.3 Å². The van der Waals surface area contributed by atoms with E-state index in [4.69, 9.17) is 11.5 Å². The lowest BCUT2D eigenvalue weighted by Gasteiger charge is -2.33. The van der Waals surface area contributed by atoms with Gasteiger partial charge in [0, 0.05) is 11.2 Å². The normalized spacial score (nSPS) is 12.1. The van der Waals surface area contributed by atoms with E-state index in [9.17, 15) is 18.8 Å². The van der Waals surface area contributed by atoms with E-state index >= 15 is 0 Å². The van der Waals surface area contributed by atoms with Crippen molar-refractivity contribution in [3.05, 3.63) is 76.0 Å². The number of aromatic nitrogens is 1. The molecule has 0 aliphatic heterocycles. The third-order valence-corrected chi connectivity index (χ3v) is 5.73. The number of nitrogens with one attached hydrogen (secondary N) is 1. The summed E-state index contributed by atoms with van der Waals surface area (Å²) in [5.74, 6) is -2.48. The van der Waals surface area contributed by atoms with Crippen LogP contribution in [0.25, 0.3) is 0 Å². The number of nitrogens with two attached hydrogens (primary N) is 2. The number of halogens is 1. The Labute approximate surface area is 200 Å². The van der Waals surface area contributed by atoms with E-state index in [1.54, 1.807) is 24.3 Å². The molecule has 3 aromatic rings. The van der Waals surface area contributed by atoms with Gasteiger partial charge in [-0.2, -0.15) is 4.37 Å². The molecule has 10 heteroatoms. The van der Waals surface area contributed by atoms with Crippen LogP contribution in [0.15, 0.2) is 48.5 Å². The Morgan fingerprint density at radius 2 is 1.65 bits per heavy atom.